The van der Waals surface area contributed by atoms with E-state index in [1.54, 1.807) is 7.11 Å². The van der Waals surface area contributed by atoms with Crippen LogP contribution in [0.2, 0.25) is 0 Å². The summed E-state index contributed by atoms with van der Waals surface area (Å²) in [5.41, 5.74) is 0.485. The van der Waals surface area contributed by atoms with Gasteiger partial charge in [0.25, 0.3) is 0 Å². The molecule has 0 aromatic carbocycles. The summed E-state index contributed by atoms with van der Waals surface area (Å²) in [7, 11) is 3.13. The first kappa shape index (κ1) is 13.1. The molecular formula is C10H15NO4S. The summed E-state index contributed by atoms with van der Waals surface area (Å²) in [6, 6.07) is 0. The van der Waals surface area contributed by atoms with E-state index in [0.717, 1.165) is 5.01 Å². The van der Waals surface area contributed by atoms with Crippen LogP contribution in [0.5, 0.6) is 0 Å². The number of hydrogen-bond acceptors (Lipinski definition) is 5. The highest BCUT2D eigenvalue weighted by Crippen LogP contribution is 2.21. The van der Waals surface area contributed by atoms with Gasteiger partial charge in [0.15, 0.2) is 0 Å². The number of hydrogen-bond donors (Lipinski definition) is 1. The molecule has 6 heteroatoms. The molecule has 0 saturated carbocycles. The Hall–Kier alpha value is -0.980. The van der Waals surface area contributed by atoms with E-state index in [-0.39, 0.29) is 17.6 Å². The van der Waals surface area contributed by atoms with Crippen molar-refractivity contribution in [1.82, 2.24) is 4.98 Å². The molecule has 16 heavy (non-hydrogen) atoms. The lowest BCUT2D eigenvalue weighted by atomic mass is 10.3. The van der Waals surface area contributed by atoms with E-state index in [0.29, 0.717) is 12.1 Å². The fourth-order valence-corrected chi connectivity index (χ4v) is 2.24. The number of aromatic carboxylic acids is 1. The first-order chi connectivity index (χ1) is 7.58. The zero-order valence-corrected chi connectivity index (χ0v) is 10.3. The molecule has 0 amide bonds. The maximum Gasteiger partial charge on any atom is 0.347 e. The van der Waals surface area contributed by atoms with Gasteiger partial charge in [0.2, 0.25) is 0 Å². The van der Waals surface area contributed by atoms with E-state index < -0.39 is 5.97 Å². The Morgan fingerprint density at radius 3 is 2.75 bits per heavy atom. The number of ether oxygens (including phenoxy) is 2. The molecule has 0 fully saturated rings. The number of methoxy groups -OCH3 is 2. The minimum atomic E-state index is -0.958. The lowest BCUT2D eigenvalue weighted by Gasteiger charge is -2.05. The number of carboxylic acid groups (broad SMARTS) is 1. The van der Waals surface area contributed by atoms with Gasteiger partial charge in [0.05, 0.1) is 23.4 Å². The van der Waals surface area contributed by atoms with Crippen molar-refractivity contribution >= 4 is 17.3 Å². The summed E-state index contributed by atoms with van der Waals surface area (Å²) in [4.78, 5) is 15.4. The molecule has 0 aliphatic carbocycles. The van der Waals surface area contributed by atoms with Crippen LogP contribution in [0.4, 0.5) is 0 Å². The Morgan fingerprint density at radius 2 is 2.25 bits per heavy atom. The Labute approximate surface area is 98.0 Å². The first-order valence-electron chi connectivity index (χ1n) is 4.82. The zero-order valence-electron chi connectivity index (χ0n) is 9.52. The molecule has 1 aromatic heterocycles. The number of aromatic nitrogens is 1. The molecule has 1 N–H and O–H groups in total. The highest BCUT2D eigenvalue weighted by atomic mass is 32.1. The highest BCUT2D eigenvalue weighted by Gasteiger charge is 2.18. The molecule has 0 aliphatic rings. The standard InChI is InChI=1S/C10H15NO4S/c1-6(15-3)4-8-11-7(5-14-2)9(16-8)10(12)13/h6H,4-5H2,1-3H3,(H,12,13). The molecule has 0 saturated heterocycles. The Kier molecular flexibility index (Phi) is 4.85. The topological polar surface area (TPSA) is 68.7 Å². The van der Waals surface area contributed by atoms with Gasteiger partial charge in [-0.2, -0.15) is 0 Å². The Balaban J connectivity index is 2.87. The third-order valence-electron chi connectivity index (χ3n) is 2.08. The van der Waals surface area contributed by atoms with Crippen LogP contribution in [0, 0.1) is 0 Å². The maximum atomic E-state index is 10.9. The molecule has 1 heterocycles. The second-order valence-corrected chi connectivity index (χ2v) is 4.46. The van der Waals surface area contributed by atoms with E-state index >= 15 is 0 Å². The van der Waals surface area contributed by atoms with Gasteiger partial charge in [0, 0.05) is 20.6 Å². The molecule has 90 valence electrons. The van der Waals surface area contributed by atoms with Crippen LogP contribution < -0.4 is 0 Å². The minimum Gasteiger partial charge on any atom is -0.477 e. The molecule has 1 atom stereocenters. The van der Waals surface area contributed by atoms with Gasteiger partial charge in [-0.25, -0.2) is 9.78 Å². The molecule has 0 aliphatic heterocycles. The monoisotopic (exact) mass is 245 g/mol. The molecule has 0 bridgehead atoms. The van der Waals surface area contributed by atoms with Crippen molar-refractivity contribution in [2.75, 3.05) is 14.2 Å². The van der Waals surface area contributed by atoms with E-state index in [2.05, 4.69) is 4.98 Å². The van der Waals surface area contributed by atoms with E-state index in [4.69, 9.17) is 14.6 Å². The van der Waals surface area contributed by atoms with Crippen LogP contribution in [-0.2, 0) is 22.5 Å². The van der Waals surface area contributed by atoms with Crippen LogP contribution in [-0.4, -0.2) is 36.4 Å². The second kappa shape index (κ2) is 5.93. The summed E-state index contributed by atoms with van der Waals surface area (Å²) in [6.07, 6.45) is 0.647. The third-order valence-corrected chi connectivity index (χ3v) is 3.19. The van der Waals surface area contributed by atoms with Crippen LogP contribution in [0.25, 0.3) is 0 Å². The fourth-order valence-electron chi connectivity index (χ4n) is 1.22. The van der Waals surface area contributed by atoms with E-state index in [1.807, 2.05) is 6.92 Å². The van der Waals surface area contributed by atoms with Gasteiger partial charge in [-0.15, -0.1) is 11.3 Å². The smallest absolute Gasteiger partial charge is 0.347 e. The van der Waals surface area contributed by atoms with Gasteiger partial charge >= 0.3 is 5.97 Å². The number of carbonyl (C=O) groups is 1. The van der Waals surface area contributed by atoms with Crippen molar-refractivity contribution in [2.24, 2.45) is 0 Å². The van der Waals surface area contributed by atoms with Crippen LogP contribution in [0.1, 0.15) is 27.3 Å². The maximum absolute atomic E-state index is 10.9. The summed E-state index contributed by atoms with van der Waals surface area (Å²) < 4.78 is 10.0. The summed E-state index contributed by atoms with van der Waals surface area (Å²) in [5.74, 6) is -0.958. The molecule has 1 unspecified atom stereocenters. The first-order valence-corrected chi connectivity index (χ1v) is 5.63. The molecule has 5 nitrogen and oxygen atoms in total. The molecular weight excluding hydrogens is 230 g/mol. The molecule has 1 rings (SSSR count). The number of nitrogens with zero attached hydrogens (tertiary/aromatic N) is 1. The largest absolute Gasteiger partial charge is 0.477 e. The normalized spacial score (nSPS) is 12.7. The quantitative estimate of drug-likeness (QED) is 0.823. The lowest BCUT2D eigenvalue weighted by molar-refractivity contribution is 0.0697. The van der Waals surface area contributed by atoms with Crippen LogP contribution in [0.15, 0.2) is 0 Å². The van der Waals surface area contributed by atoms with Crippen molar-refractivity contribution in [3.8, 4) is 0 Å². The number of rotatable bonds is 6. The third kappa shape index (κ3) is 3.26. The fraction of sp³-hybridized carbons (Fsp3) is 0.600. The number of carboxylic acids is 1. The van der Waals surface area contributed by atoms with Gasteiger partial charge in [-0.1, -0.05) is 0 Å². The predicted octanol–water partition coefficient (Wildman–Crippen LogP) is 1.57. The van der Waals surface area contributed by atoms with E-state index in [9.17, 15) is 4.79 Å². The highest BCUT2D eigenvalue weighted by molar-refractivity contribution is 7.13. The Morgan fingerprint density at radius 1 is 1.56 bits per heavy atom. The lowest BCUT2D eigenvalue weighted by Crippen LogP contribution is -2.08. The zero-order chi connectivity index (χ0) is 12.1. The summed E-state index contributed by atoms with van der Waals surface area (Å²) >= 11 is 1.18. The van der Waals surface area contributed by atoms with Crippen molar-refractivity contribution in [3.63, 3.8) is 0 Å². The van der Waals surface area contributed by atoms with Crippen molar-refractivity contribution in [2.45, 2.75) is 26.1 Å². The average Bonchev–Trinajstić information content (AvgIpc) is 2.61. The number of thiazole rings is 1. The van der Waals surface area contributed by atoms with Crippen molar-refractivity contribution in [1.29, 1.82) is 0 Å². The van der Waals surface area contributed by atoms with Gasteiger partial charge < -0.3 is 14.6 Å². The Bertz CT molecular complexity index is 364. The van der Waals surface area contributed by atoms with E-state index in [1.165, 1.54) is 18.4 Å². The van der Waals surface area contributed by atoms with Crippen LogP contribution in [0.3, 0.4) is 0 Å². The molecule has 0 radical (unpaired) electrons. The molecule has 0 spiro atoms. The van der Waals surface area contributed by atoms with Crippen molar-refractivity contribution < 1.29 is 19.4 Å². The summed E-state index contributed by atoms with van der Waals surface area (Å²) in [6.45, 7) is 2.14. The van der Waals surface area contributed by atoms with Crippen LogP contribution >= 0.6 is 11.3 Å². The average molecular weight is 245 g/mol. The van der Waals surface area contributed by atoms with Crippen molar-refractivity contribution in [3.05, 3.63) is 15.6 Å². The molecule has 1 aromatic rings. The summed E-state index contributed by atoms with van der Waals surface area (Å²) in [5, 5.41) is 9.74. The predicted molar refractivity (Wildman–Crippen MR) is 60.0 cm³/mol. The van der Waals surface area contributed by atoms with Gasteiger partial charge in [0.1, 0.15) is 4.88 Å². The van der Waals surface area contributed by atoms with Gasteiger partial charge in [-0.3, -0.25) is 0 Å². The second-order valence-electron chi connectivity index (χ2n) is 3.37. The minimum absolute atomic E-state index is 0.0307. The van der Waals surface area contributed by atoms with Gasteiger partial charge in [-0.05, 0) is 6.92 Å². The SMILES string of the molecule is COCc1nc(CC(C)OC)sc1C(=O)O.